The summed E-state index contributed by atoms with van der Waals surface area (Å²) in [5.74, 6) is 0.0844. The highest BCUT2D eigenvalue weighted by Gasteiger charge is 2.25. The van der Waals surface area contributed by atoms with Crippen LogP contribution < -0.4 is 15.5 Å². The lowest BCUT2D eigenvalue weighted by Crippen LogP contribution is -2.36. The molecule has 0 aromatic heterocycles. The first-order valence-corrected chi connectivity index (χ1v) is 9.42. The second-order valence-corrected chi connectivity index (χ2v) is 6.76. The molecule has 1 aromatic carbocycles. The fraction of sp³-hybridized carbons (Fsp3) is 0.579. The van der Waals surface area contributed by atoms with Crippen molar-refractivity contribution in [2.24, 2.45) is 0 Å². The number of piperidine rings is 1. The van der Waals surface area contributed by atoms with E-state index in [-0.39, 0.29) is 11.9 Å². The number of hydrogen-bond donors (Lipinski definition) is 2. The van der Waals surface area contributed by atoms with Gasteiger partial charge in [0.15, 0.2) is 0 Å². The van der Waals surface area contributed by atoms with Crippen molar-refractivity contribution in [1.29, 1.82) is 0 Å². The van der Waals surface area contributed by atoms with Crippen LogP contribution in [0, 0.1) is 0 Å². The lowest BCUT2D eigenvalue weighted by Gasteiger charge is -2.29. The predicted molar refractivity (Wildman–Crippen MR) is 100 cm³/mol. The number of nitrogens with one attached hydrogen (secondary N) is 2. The summed E-state index contributed by atoms with van der Waals surface area (Å²) in [6.45, 7) is 6.07. The Bertz CT molecular complexity index is 620. The third-order valence-electron chi connectivity index (χ3n) is 4.91. The van der Waals surface area contributed by atoms with E-state index in [2.05, 4.69) is 15.5 Å². The van der Waals surface area contributed by atoms with E-state index >= 15 is 0 Å². The Hall–Kier alpha value is -2.24. The van der Waals surface area contributed by atoms with Crippen LogP contribution in [0.1, 0.15) is 49.4 Å². The standard InChI is InChI=1S/C19H28N4O2/c1-2-20-19(25)21-15-8-9-17(22-10-6-7-11-22)16(14-15)18(24)23-12-4-3-5-13-23/h8-9,14H,2-7,10-13H2,1H3,(H2,20,21,25). The Balaban J connectivity index is 1.86. The van der Waals surface area contributed by atoms with Crippen molar-refractivity contribution >= 4 is 23.3 Å². The van der Waals surface area contributed by atoms with E-state index in [0.29, 0.717) is 17.8 Å². The zero-order valence-electron chi connectivity index (χ0n) is 15.0. The molecule has 0 saturated carbocycles. The first-order chi connectivity index (χ1) is 12.2. The van der Waals surface area contributed by atoms with Gasteiger partial charge >= 0.3 is 6.03 Å². The Morgan fingerprint density at radius 3 is 2.36 bits per heavy atom. The molecule has 0 bridgehead atoms. The van der Waals surface area contributed by atoms with Gasteiger partial charge in [-0.2, -0.15) is 0 Å². The van der Waals surface area contributed by atoms with Gasteiger partial charge in [0.1, 0.15) is 0 Å². The van der Waals surface area contributed by atoms with Crippen molar-refractivity contribution in [1.82, 2.24) is 10.2 Å². The molecule has 2 N–H and O–H groups in total. The molecular weight excluding hydrogens is 316 g/mol. The van der Waals surface area contributed by atoms with Crippen LogP contribution in [0.25, 0.3) is 0 Å². The van der Waals surface area contributed by atoms with E-state index in [1.54, 1.807) is 0 Å². The molecule has 0 radical (unpaired) electrons. The lowest BCUT2D eigenvalue weighted by molar-refractivity contribution is 0.0725. The van der Waals surface area contributed by atoms with Crippen LogP contribution in [-0.4, -0.2) is 49.6 Å². The second-order valence-electron chi connectivity index (χ2n) is 6.76. The molecule has 136 valence electrons. The van der Waals surface area contributed by atoms with Crippen molar-refractivity contribution in [2.45, 2.75) is 39.0 Å². The molecule has 2 heterocycles. The number of nitrogens with zero attached hydrogens (tertiary/aromatic N) is 2. The van der Waals surface area contributed by atoms with E-state index in [1.165, 1.54) is 6.42 Å². The molecule has 2 aliphatic heterocycles. The predicted octanol–water partition coefficient (Wildman–Crippen LogP) is 3.05. The fourth-order valence-electron chi connectivity index (χ4n) is 3.62. The number of carbonyl (C=O) groups is 2. The first-order valence-electron chi connectivity index (χ1n) is 9.42. The van der Waals surface area contributed by atoms with Gasteiger partial charge in [-0.05, 0) is 57.2 Å². The topological polar surface area (TPSA) is 64.7 Å². The largest absolute Gasteiger partial charge is 0.371 e. The minimum atomic E-state index is -0.243. The van der Waals surface area contributed by atoms with Gasteiger partial charge < -0.3 is 20.4 Å². The Labute approximate surface area is 149 Å². The van der Waals surface area contributed by atoms with Gasteiger partial charge in [0.05, 0.1) is 5.56 Å². The van der Waals surface area contributed by atoms with Gasteiger partial charge in [0.2, 0.25) is 0 Å². The lowest BCUT2D eigenvalue weighted by atomic mass is 10.1. The van der Waals surface area contributed by atoms with E-state index in [9.17, 15) is 9.59 Å². The molecule has 0 unspecified atom stereocenters. The zero-order valence-corrected chi connectivity index (χ0v) is 15.0. The van der Waals surface area contributed by atoms with Crippen LogP contribution in [0.2, 0.25) is 0 Å². The van der Waals surface area contributed by atoms with E-state index in [4.69, 9.17) is 0 Å². The molecule has 1 aromatic rings. The molecule has 3 rings (SSSR count). The number of urea groups is 1. The Morgan fingerprint density at radius 2 is 1.68 bits per heavy atom. The van der Waals surface area contributed by atoms with Crippen molar-refractivity contribution in [3.63, 3.8) is 0 Å². The van der Waals surface area contributed by atoms with E-state index in [1.807, 2.05) is 30.0 Å². The van der Waals surface area contributed by atoms with Crippen molar-refractivity contribution < 1.29 is 9.59 Å². The maximum atomic E-state index is 13.1. The zero-order chi connectivity index (χ0) is 17.6. The van der Waals surface area contributed by atoms with Crippen LogP contribution in [-0.2, 0) is 0 Å². The van der Waals surface area contributed by atoms with Crippen molar-refractivity contribution in [2.75, 3.05) is 42.9 Å². The second kappa shape index (κ2) is 8.23. The summed E-state index contributed by atoms with van der Waals surface area (Å²) in [6, 6.07) is 5.45. The van der Waals surface area contributed by atoms with Gasteiger partial charge in [-0.15, -0.1) is 0 Å². The third-order valence-corrected chi connectivity index (χ3v) is 4.91. The number of benzene rings is 1. The van der Waals surface area contributed by atoms with Crippen LogP contribution in [0.3, 0.4) is 0 Å². The van der Waals surface area contributed by atoms with Gasteiger partial charge in [0, 0.05) is 44.1 Å². The number of hydrogen-bond acceptors (Lipinski definition) is 3. The van der Waals surface area contributed by atoms with Crippen LogP contribution in [0.5, 0.6) is 0 Å². The Kier molecular flexibility index (Phi) is 5.79. The molecule has 0 atom stereocenters. The first kappa shape index (κ1) is 17.6. The molecule has 2 aliphatic rings. The molecule has 2 saturated heterocycles. The average molecular weight is 344 g/mol. The summed E-state index contributed by atoms with van der Waals surface area (Å²) in [6.07, 6.45) is 5.66. The van der Waals surface area contributed by atoms with Gasteiger partial charge in [-0.25, -0.2) is 4.79 Å². The molecule has 6 nitrogen and oxygen atoms in total. The van der Waals surface area contributed by atoms with Crippen LogP contribution in [0.4, 0.5) is 16.2 Å². The summed E-state index contributed by atoms with van der Waals surface area (Å²) in [5, 5.41) is 5.54. The maximum Gasteiger partial charge on any atom is 0.319 e. The monoisotopic (exact) mass is 344 g/mol. The SMILES string of the molecule is CCNC(=O)Nc1ccc(N2CCCC2)c(C(=O)N2CCCCC2)c1. The highest BCUT2D eigenvalue weighted by Crippen LogP contribution is 2.29. The summed E-state index contributed by atoms with van der Waals surface area (Å²) < 4.78 is 0. The highest BCUT2D eigenvalue weighted by molar-refractivity contribution is 6.02. The summed E-state index contributed by atoms with van der Waals surface area (Å²) in [4.78, 5) is 29.2. The molecule has 6 heteroatoms. The summed E-state index contributed by atoms with van der Waals surface area (Å²) in [5.41, 5.74) is 2.36. The smallest absolute Gasteiger partial charge is 0.319 e. The highest BCUT2D eigenvalue weighted by atomic mass is 16.2. The van der Waals surface area contributed by atoms with Crippen LogP contribution in [0.15, 0.2) is 18.2 Å². The molecule has 0 aliphatic carbocycles. The number of anilines is 2. The summed E-state index contributed by atoms with van der Waals surface area (Å²) in [7, 11) is 0. The van der Waals surface area contributed by atoms with Crippen LogP contribution >= 0.6 is 0 Å². The normalized spacial score (nSPS) is 17.5. The Morgan fingerprint density at radius 1 is 1.00 bits per heavy atom. The quantitative estimate of drug-likeness (QED) is 0.882. The van der Waals surface area contributed by atoms with Crippen molar-refractivity contribution in [3.05, 3.63) is 23.8 Å². The van der Waals surface area contributed by atoms with E-state index < -0.39 is 0 Å². The minimum absolute atomic E-state index is 0.0844. The maximum absolute atomic E-state index is 13.1. The van der Waals surface area contributed by atoms with E-state index in [0.717, 1.165) is 57.5 Å². The van der Waals surface area contributed by atoms with Gasteiger partial charge in [-0.1, -0.05) is 0 Å². The number of carbonyl (C=O) groups excluding carboxylic acids is 2. The molecule has 25 heavy (non-hydrogen) atoms. The molecule has 0 spiro atoms. The van der Waals surface area contributed by atoms with Crippen molar-refractivity contribution in [3.8, 4) is 0 Å². The molecular formula is C19H28N4O2. The van der Waals surface area contributed by atoms with Gasteiger partial charge in [-0.3, -0.25) is 4.79 Å². The fourth-order valence-corrected chi connectivity index (χ4v) is 3.62. The third kappa shape index (κ3) is 4.24. The molecule has 3 amide bonds. The minimum Gasteiger partial charge on any atom is -0.371 e. The number of likely N-dealkylation sites (tertiary alicyclic amines) is 1. The number of amides is 3. The molecule has 2 fully saturated rings. The van der Waals surface area contributed by atoms with Gasteiger partial charge in [0.25, 0.3) is 5.91 Å². The number of rotatable bonds is 4. The summed E-state index contributed by atoms with van der Waals surface area (Å²) >= 11 is 0. The average Bonchev–Trinajstić information content (AvgIpc) is 3.16.